The Morgan fingerprint density at radius 2 is 1.95 bits per heavy atom. The molecule has 0 unspecified atom stereocenters. The summed E-state index contributed by atoms with van der Waals surface area (Å²) in [6.07, 6.45) is 5.39. The topological polar surface area (TPSA) is 65.0 Å². The van der Waals surface area contributed by atoms with Gasteiger partial charge in [-0.15, -0.1) is 5.10 Å². The van der Waals surface area contributed by atoms with Gasteiger partial charge in [0.2, 0.25) is 0 Å². The lowest BCUT2D eigenvalue weighted by molar-refractivity contribution is -0.146. The van der Waals surface area contributed by atoms with Crippen LogP contribution in [0.15, 0.2) is 12.3 Å². The number of halogens is 1. The molecule has 0 amide bonds. The zero-order valence-corrected chi connectivity index (χ0v) is 13.4. The molecule has 0 aromatic carbocycles. The van der Waals surface area contributed by atoms with E-state index < -0.39 is 0 Å². The van der Waals surface area contributed by atoms with Gasteiger partial charge in [0.25, 0.3) is 0 Å². The van der Waals surface area contributed by atoms with E-state index in [2.05, 4.69) is 15.2 Å². The summed E-state index contributed by atoms with van der Waals surface area (Å²) in [6, 6.07) is 2.02. The molecule has 0 N–H and O–H groups in total. The van der Waals surface area contributed by atoms with Crippen LogP contribution in [0, 0.1) is 12.8 Å². The van der Waals surface area contributed by atoms with E-state index in [0.717, 1.165) is 47.8 Å². The van der Waals surface area contributed by atoms with Crippen molar-refractivity contribution in [3.8, 4) is 0 Å². The minimum Gasteiger partial charge on any atom is -0.469 e. The normalized spacial score (nSPS) is 21.8. The van der Waals surface area contributed by atoms with E-state index >= 15 is 0 Å². The molecule has 0 radical (unpaired) electrons. The van der Waals surface area contributed by atoms with E-state index in [4.69, 9.17) is 16.3 Å². The summed E-state index contributed by atoms with van der Waals surface area (Å²) < 4.78 is 4.83. The van der Waals surface area contributed by atoms with Crippen LogP contribution in [-0.4, -0.2) is 28.3 Å². The number of aromatic nitrogens is 3. The molecule has 1 aliphatic rings. The maximum absolute atomic E-state index is 11.6. The van der Waals surface area contributed by atoms with Crippen molar-refractivity contribution in [2.24, 2.45) is 5.92 Å². The number of aryl methyl sites for hydroxylation is 1. The van der Waals surface area contributed by atoms with Crippen LogP contribution >= 0.6 is 11.6 Å². The van der Waals surface area contributed by atoms with E-state index in [1.165, 1.54) is 7.11 Å². The first-order valence-electron chi connectivity index (χ1n) is 7.46. The summed E-state index contributed by atoms with van der Waals surface area (Å²) in [7, 11) is 1.45. The monoisotopic (exact) mass is 319 g/mol. The van der Waals surface area contributed by atoms with Crippen LogP contribution in [0.4, 0.5) is 0 Å². The summed E-state index contributed by atoms with van der Waals surface area (Å²) in [4.78, 5) is 16.2. The fourth-order valence-electron chi connectivity index (χ4n) is 3.17. The molecule has 116 valence electrons. The first-order chi connectivity index (χ1) is 10.6. The maximum atomic E-state index is 11.6. The molecule has 0 atom stereocenters. The van der Waals surface area contributed by atoms with Crippen molar-refractivity contribution >= 4 is 28.3 Å². The molecule has 2 heterocycles. The lowest BCUT2D eigenvalue weighted by Gasteiger charge is -2.26. The highest BCUT2D eigenvalue weighted by Gasteiger charge is 2.28. The van der Waals surface area contributed by atoms with Crippen molar-refractivity contribution in [1.29, 1.82) is 0 Å². The number of pyridine rings is 1. The molecule has 6 heteroatoms. The fourth-order valence-corrected chi connectivity index (χ4v) is 3.37. The Kier molecular flexibility index (Phi) is 4.25. The molecule has 0 saturated heterocycles. The molecular weight excluding hydrogens is 302 g/mol. The Morgan fingerprint density at radius 1 is 1.23 bits per heavy atom. The van der Waals surface area contributed by atoms with Gasteiger partial charge in [-0.25, -0.2) is 0 Å². The molecule has 5 nitrogen and oxygen atoms in total. The first-order valence-corrected chi connectivity index (χ1v) is 7.84. The van der Waals surface area contributed by atoms with Gasteiger partial charge in [-0.05, 0) is 38.7 Å². The number of hydrogen-bond acceptors (Lipinski definition) is 5. The van der Waals surface area contributed by atoms with Gasteiger partial charge in [-0.1, -0.05) is 11.6 Å². The summed E-state index contributed by atoms with van der Waals surface area (Å²) in [5.74, 6) is 0.284. The molecular formula is C16H18ClN3O2. The van der Waals surface area contributed by atoms with Crippen LogP contribution in [0.1, 0.15) is 43.0 Å². The van der Waals surface area contributed by atoms with Gasteiger partial charge >= 0.3 is 5.97 Å². The minimum atomic E-state index is -0.0983. The Balaban J connectivity index is 1.83. The van der Waals surface area contributed by atoms with Gasteiger partial charge in [-0.3, -0.25) is 9.78 Å². The highest BCUT2D eigenvalue weighted by molar-refractivity contribution is 6.34. The Morgan fingerprint density at radius 3 is 2.64 bits per heavy atom. The second kappa shape index (κ2) is 6.16. The second-order valence-corrected chi connectivity index (χ2v) is 6.16. The van der Waals surface area contributed by atoms with E-state index in [0.29, 0.717) is 11.1 Å². The van der Waals surface area contributed by atoms with Gasteiger partial charge in [0.1, 0.15) is 0 Å². The predicted molar refractivity (Wildman–Crippen MR) is 83.8 cm³/mol. The number of esters is 1. The SMILES string of the molecule is COC(=O)C1CCC(c2cc3c(Cl)nnc(C)c3cn2)CC1. The van der Waals surface area contributed by atoms with Gasteiger partial charge in [0.05, 0.1) is 18.7 Å². The standard InChI is InChI=1S/C16H18ClN3O2/c1-9-13-8-18-14(7-12(13)15(17)20-19-9)10-3-5-11(6-4-10)16(21)22-2/h7-8,10-11H,3-6H2,1-2H3. The summed E-state index contributed by atoms with van der Waals surface area (Å²) in [5.41, 5.74) is 1.85. The molecule has 2 aromatic heterocycles. The van der Waals surface area contributed by atoms with E-state index in [1.807, 2.05) is 19.2 Å². The zero-order chi connectivity index (χ0) is 15.7. The average Bonchev–Trinajstić information content (AvgIpc) is 2.57. The third kappa shape index (κ3) is 2.77. The van der Waals surface area contributed by atoms with E-state index in [9.17, 15) is 4.79 Å². The second-order valence-electron chi connectivity index (χ2n) is 5.80. The van der Waals surface area contributed by atoms with Crippen molar-refractivity contribution in [3.05, 3.63) is 28.8 Å². The zero-order valence-electron chi connectivity index (χ0n) is 12.7. The number of fused-ring (bicyclic) bond motifs is 1. The smallest absolute Gasteiger partial charge is 0.308 e. The van der Waals surface area contributed by atoms with E-state index in [-0.39, 0.29) is 11.9 Å². The number of hydrogen-bond donors (Lipinski definition) is 0. The molecule has 1 saturated carbocycles. The average molecular weight is 320 g/mol. The predicted octanol–water partition coefficient (Wildman–Crippen LogP) is 3.43. The summed E-state index contributed by atoms with van der Waals surface area (Å²) in [6.45, 7) is 1.90. The van der Waals surface area contributed by atoms with Crippen LogP contribution in [-0.2, 0) is 9.53 Å². The number of methoxy groups -OCH3 is 1. The lowest BCUT2D eigenvalue weighted by atomic mass is 9.80. The lowest BCUT2D eigenvalue weighted by Crippen LogP contribution is -2.22. The minimum absolute atomic E-state index is 0.0263. The Bertz CT molecular complexity index is 712. The third-order valence-corrected chi connectivity index (χ3v) is 4.78. The van der Waals surface area contributed by atoms with Gasteiger partial charge in [0.15, 0.2) is 5.15 Å². The summed E-state index contributed by atoms with van der Waals surface area (Å²) >= 11 is 6.16. The van der Waals surface area contributed by atoms with Gasteiger partial charge in [0, 0.05) is 28.6 Å². The number of carbonyl (C=O) groups excluding carboxylic acids is 1. The van der Waals surface area contributed by atoms with Crippen molar-refractivity contribution in [2.75, 3.05) is 7.11 Å². The van der Waals surface area contributed by atoms with Crippen molar-refractivity contribution in [1.82, 2.24) is 15.2 Å². The van der Waals surface area contributed by atoms with Crippen molar-refractivity contribution in [2.45, 2.75) is 38.5 Å². The molecule has 0 spiro atoms. The van der Waals surface area contributed by atoms with Crippen LogP contribution < -0.4 is 0 Å². The molecule has 22 heavy (non-hydrogen) atoms. The van der Waals surface area contributed by atoms with Crippen LogP contribution in [0.25, 0.3) is 10.8 Å². The summed E-state index contributed by atoms with van der Waals surface area (Å²) in [5, 5.41) is 10.2. The number of nitrogens with zero attached hydrogens (tertiary/aromatic N) is 3. The largest absolute Gasteiger partial charge is 0.469 e. The van der Waals surface area contributed by atoms with Crippen molar-refractivity contribution in [3.63, 3.8) is 0 Å². The number of rotatable bonds is 2. The highest BCUT2D eigenvalue weighted by atomic mass is 35.5. The molecule has 2 aromatic rings. The fraction of sp³-hybridized carbons (Fsp3) is 0.500. The van der Waals surface area contributed by atoms with Crippen LogP contribution in [0.5, 0.6) is 0 Å². The van der Waals surface area contributed by atoms with Crippen molar-refractivity contribution < 1.29 is 9.53 Å². The Hall–Kier alpha value is -1.75. The van der Waals surface area contributed by atoms with Gasteiger partial charge < -0.3 is 4.74 Å². The van der Waals surface area contributed by atoms with Gasteiger partial charge in [-0.2, -0.15) is 5.10 Å². The first kappa shape index (κ1) is 15.2. The molecule has 0 bridgehead atoms. The van der Waals surface area contributed by atoms with E-state index in [1.54, 1.807) is 0 Å². The van der Waals surface area contributed by atoms with Crippen LogP contribution in [0.3, 0.4) is 0 Å². The molecule has 1 fully saturated rings. The van der Waals surface area contributed by atoms with Crippen LogP contribution in [0.2, 0.25) is 5.15 Å². The molecule has 1 aliphatic carbocycles. The Labute approximate surface area is 134 Å². The molecule has 3 rings (SSSR count). The highest BCUT2D eigenvalue weighted by Crippen LogP contribution is 2.36. The maximum Gasteiger partial charge on any atom is 0.308 e. The molecule has 0 aliphatic heterocycles. The number of ether oxygens (including phenoxy) is 1. The quantitative estimate of drug-likeness (QED) is 0.793. The third-order valence-electron chi connectivity index (χ3n) is 4.50. The number of carbonyl (C=O) groups is 1.